The van der Waals surface area contributed by atoms with E-state index in [1.165, 1.54) is 24.5 Å². The molecule has 0 saturated heterocycles. The first-order chi connectivity index (χ1) is 13.4. The highest BCUT2D eigenvalue weighted by Crippen LogP contribution is 2.18. The second-order valence-corrected chi connectivity index (χ2v) is 7.83. The zero-order chi connectivity index (χ0) is 20.1. The van der Waals surface area contributed by atoms with Gasteiger partial charge in [0.25, 0.3) is 10.0 Å². The average molecular weight is 418 g/mol. The monoisotopic (exact) mass is 417 g/mol. The lowest BCUT2D eigenvalue weighted by molar-refractivity contribution is 0.601. The SMILES string of the molecule is CCn1ncc(NC(=S)Nc2ccc(S(=O)(=O)Nc3ncccn3)cc2)c1C. The van der Waals surface area contributed by atoms with Crippen LogP contribution in [0.25, 0.3) is 0 Å². The topological polar surface area (TPSA) is 114 Å². The van der Waals surface area contributed by atoms with Gasteiger partial charge in [-0.05, 0) is 56.4 Å². The van der Waals surface area contributed by atoms with Crippen LogP contribution in [0.4, 0.5) is 17.3 Å². The Labute approximate surface area is 168 Å². The first-order valence-electron chi connectivity index (χ1n) is 8.39. The quantitative estimate of drug-likeness (QED) is 0.525. The summed E-state index contributed by atoms with van der Waals surface area (Å²) in [6.45, 7) is 4.73. The Morgan fingerprint density at radius 2 is 1.82 bits per heavy atom. The summed E-state index contributed by atoms with van der Waals surface area (Å²) in [6, 6.07) is 7.78. The summed E-state index contributed by atoms with van der Waals surface area (Å²) < 4.78 is 29.0. The van der Waals surface area contributed by atoms with E-state index in [1.807, 2.05) is 18.5 Å². The molecule has 0 spiro atoms. The summed E-state index contributed by atoms with van der Waals surface area (Å²) >= 11 is 5.31. The van der Waals surface area contributed by atoms with Gasteiger partial charge in [0.15, 0.2) is 5.11 Å². The van der Waals surface area contributed by atoms with E-state index in [9.17, 15) is 8.42 Å². The lowest BCUT2D eigenvalue weighted by Gasteiger charge is -2.11. The highest BCUT2D eigenvalue weighted by atomic mass is 32.2. The first-order valence-corrected chi connectivity index (χ1v) is 10.3. The predicted molar refractivity (Wildman–Crippen MR) is 112 cm³/mol. The number of rotatable bonds is 6. The van der Waals surface area contributed by atoms with Crippen molar-refractivity contribution in [3.05, 3.63) is 54.6 Å². The van der Waals surface area contributed by atoms with Crippen molar-refractivity contribution in [3.63, 3.8) is 0 Å². The Morgan fingerprint density at radius 3 is 2.43 bits per heavy atom. The van der Waals surface area contributed by atoms with E-state index in [-0.39, 0.29) is 10.8 Å². The molecule has 3 aromatic rings. The maximum Gasteiger partial charge on any atom is 0.264 e. The Bertz CT molecular complexity index is 1060. The second kappa shape index (κ2) is 8.31. The fourth-order valence-electron chi connectivity index (χ4n) is 2.42. The molecule has 0 amide bonds. The number of aryl methyl sites for hydroxylation is 1. The molecule has 0 fully saturated rings. The van der Waals surface area contributed by atoms with E-state index < -0.39 is 10.0 Å². The van der Waals surface area contributed by atoms with Gasteiger partial charge >= 0.3 is 0 Å². The van der Waals surface area contributed by atoms with Gasteiger partial charge in [0.05, 0.1) is 22.5 Å². The number of benzene rings is 1. The number of hydrogen-bond donors (Lipinski definition) is 3. The minimum atomic E-state index is -3.78. The largest absolute Gasteiger partial charge is 0.332 e. The summed E-state index contributed by atoms with van der Waals surface area (Å²) in [5, 5.41) is 10.7. The number of sulfonamides is 1. The molecule has 3 rings (SSSR count). The van der Waals surface area contributed by atoms with Crippen molar-refractivity contribution in [2.45, 2.75) is 25.3 Å². The zero-order valence-electron chi connectivity index (χ0n) is 15.2. The molecule has 11 heteroatoms. The van der Waals surface area contributed by atoms with Crippen molar-refractivity contribution >= 4 is 44.7 Å². The van der Waals surface area contributed by atoms with Crippen molar-refractivity contribution in [2.24, 2.45) is 0 Å². The van der Waals surface area contributed by atoms with Gasteiger partial charge in [0, 0.05) is 24.6 Å². The van der Waals surface area contributed by atoms with E-state index >= 15 is 0 Å². The molecule has 2 heterocycles. The van der Waals surface area contributed by atoms with Crippen LogP contribution in [0.1, 0.15) is 12.6 Å². The standard InChI is InChI=1S/C17H19N7O2S2/c1-3-24-12(2)15(11-20-24)22-17(27)21-13-5-7-14(8-6-13)28(25,26)23-16-18-9-4-10-19-16/h4-11H,3H2,1-2H3,(H,18,19,23)(H2,21,22,27). The molecule has 0 aliphatic heterocycles. The van der Waals surface area contributed by atoms with Crippen molar-refractivity contribution in [1.82, 2.24) is 19.7 Å². The number of anilines is 3. The zero-order valence-corrected chi connectivity index (χ0v) is 16.9. The van der Waals surface area contributed by atoms with Crippen LogP contribution >= 0.6 is 12.2 Å². The van der Waals surface area contributed by atoms with Crippen LogP contribution < -0.4 is 15.4 Å². The van der Waals surface area contributed by atoms with Crippen LogP contribution in [0.2, 0.25) is 0 Å². The number of hydrogen-bond acceptors (Lipinski definition) is 6. The fraction of sp³-hybridized carbons (Fsp3) is 0.176. The van der Waals surface area contributed by atoms with Crippen LogP contribution in [0.5, 0.6) is 0 Å². The Balaban J connectivity index is 1.65. The summed E-state index contributed by atoms with van der Waals surface area (Å²) in [6.07, 6.45) is 4.62. The minimum Gasteiger partial charge on any atom is -0.332 e. The van der Waals surface area contributed by atoms with E-state index in [0.29, 0.717) is 10.8 Å². The highest BCUT2D eigenvalue weighted by molar-refractivity contribution is 7.92. The molecule has 146 valence electrons. The Kier molecular flexibility index (Phi) is 5.85. The molecule has 3 N–H and O–H groups in total. The molecule has 0 bridgehead atoms. The maximum absolute atomic E-state index is 12.4. The van der Waals surface area contributed by atoms with Gasteiger partial charge in [-0.1, -0.05) is 0 Å². The van der Waals surface area contributed by atoms with Crippen LogP contribution in [0, 0.1) is 6.92 Å². The van der Waals surface area contributed by atoms with Crippen molar-refractivity contribution in [2.75, 3.05) is 15.4 Å². The van der Waals surface area contributed by atoms with E-state index in [1.54, 1.807) is 24.4 Å². The van der Waals surface area contributed by atoms with Crippen molar-refractivity contribution in [1.29, 1.82) is 0 Å². The smallest absolute Gasteiger partial charge is 0.264 e. The third-order valence-electron chi connectivity index (χ3n) is 3.86. The van der Waals surface area contributed by atoms with Gasteiger partial charge in [-0.2, -0.15) is 5.10 Å². The summed E-state index contributed by atoms with van der Waals surface area (Å²) in [4.78, 5) is 7.80. The predicted octanol–water partition coefficient (Wildman–Crippen LogP) is 2.61. The molecule has 9 nitrogen and oxygen atoms in total. The van der Waals surface area contributed by atoms with Crippen LogP contribution in [0.3, 0.4) is 0 Å². The average Bonchev–Trinajstić information content (AvgIpc) is 3.02. The third-order valence-corrected chi connectivity index (χ3v) is 5.41. The molecule has 0 radical (unpaired) electrons. The van der Waals surface area contributed by atoms with Gasteiger partial charge in [0.1, 0.15) is 0 Å². The van der Waals surface area contributed by atoms with E-state index in [2.05, 4.69) is 30.4 Å². The third kappa shape index (κ3) is 4.61. The highest BCUT2D eigenvalue weighted by Gasteiger charge is 2.15. The van der Waals surface area contributed by atoms with Gasteiger partial charge in [-0.15, -0.1) is 0 Å². The molecule has 0 unspecified atom stereocenters. The normalized spacial score (nSPS) is 11.1. The minimum absolute atomic E-state index is 0.0121. The molecule has 0 atom stereocenters. The first kappa shape index (κ1) is 19.7. The summed E-state index contributed by atoms with van der Waals surface area (Å²) in [7, 11) is -3.78. The molecule has 0 saturated carbocycles. The van der Waals surface area contributed by atoms with E-state index in [0.717, 1.165) is 17.9 Å². The fourth-order valence-corrected chi connectivity index (χ4v) is 3.61. The van der Waals surface area contributed by atoms with Gasteiger partial charge in [0.2, 0.25) is 5.95 Å². The van der Waals surface area contributed by atoms with Crippen LogP contribution in [-0.4, -0.2) is 33.3 Å². The van der Waals surface area contributed by atoms with Gasteiger partial charge < -0.3 is 10.6 Å². The molecule has 1 aromatic carbocycles. The molecule has 2 aromatic heterocycles. The van der Waals surface area contributed by atoms with Crippen LogP contribution in [-0.2, 0) is 16.6 Å². The molecule has 0 aliphatic carbocycles. The Morgan fingerprint density at radius 1 is 1.14 bits per heavy atom. The number of aromatic nitrogens is 4. The molecular weight excluding hydrogens is 398 g/mol. The summed E-state index contributed by atoms with van der Waals surface area (Å²) in [5.74, 6) is 0.0121. The van der Waals surface area contributed by atoms with Crippen molar-refractivity contribution < 1.29 is 8.42 Å². The molecule has 28 heavy (non-hydrogen) atoms. The second-order valence-electron chi connectivity index (χ2n) is 5.74. The van der Waals surface area contributed by atoms with Gasteiger partial charge in [-0.3, -0.25) is 4.68 Å². The number of thiocarbonyl (C=S) groups is 1. The Hall–Kier alpha value is -3.05. The lowest BCUT2D eigenvalue weighted by atomic mass is 10.3. The number of nitrogens with zero attached hydrogens (tertiary/aromatic N) is 4. The summed E-state index contributed by atoms with van der Waals surface area (Å²) in [5.41, 5.74) is 2.43. The molecular formula is C17H19N7O2S2. The van der Waals surface area contributed by atoms with Crippen LogP contribution in [0.15, 0.2) is 53.8 Å². The lowest BCUT2D eigenvalue weighted by Crippen LogP contribution is -2.19. The maximum atomic E-state index is 12.4. The van der Waals surface area contributed by atoms with Gasteiger partial charge in [-0.25, -0.2) is 23.1 Å². The molecule has 0 aliphatic rings. The van der Waals surface area contributed by atoms with E-state index in [4.69, 9.17) is 12.2 Å². The van der Waals surface area contributed by atoms with Crippen molar-refractivity contribution in [3.8, 4) is 0 Å². The number of nitrogens with one attached hydrogen (secondary N) is 3.